The van der Waals surface area contributed by atoms with Gasteiger partial charge < -0.3 is 14.4 Å². The summed E-state index contributed by atoms with van der Waals surface area (Å²) < 4.78 is 11.4. The van der Waals surface area contributed by atoms with E-state index in [1.54, 1.807) is 7.11 Å². The molecule has 0 saturated carbocycles. The first-order valence-electron chi connectivity index (χ1n) is 8.39. The van der Waals surface area contributed by atoms with E-state index < -0.39 is 0 Å². The number of carbonyl (C=O) groups excluding carboxylic acids is 1. The molecule has 0 aliphatic carbocycles. The second-order valence-corrected chi connectivity index (χ2v) is 6.37. The SMILES string of the molecule is COc1cccc([C@H]2CCC(=O)N3[C@@H](c4ccccc4)CO[C@H]23)c1. The van der Waals surface area contributed by atoms with E-state index in [0.717, 1.165) is 17.7 Å². The number of hydrogen-bond donors (Lipinski definition) is 0. The highest BCUT2D eigenvalue weighted by Gasteiger charge is 2.46. The minimum Gasteiger partial charge on any atom is -0.497 e. The van der Waals surface area contributed by atoms with Crippen LogP contribution in [0.3, 0.4) is 0 Å². The highest BCUT2D eigenvalue weighted by atomic mass is 16.5. The number of rotatable bonds is 3. The molecule has 2 aliphatic rings. The first-order chi connectivity index (χ1) is 11.8. The maximum atomic E-state index is 12.6. The van der Waals surface area contributed by atoms with Crippen LogP contribution < -0.4 is 4.74 Å². The van der Waals surface area contributed by atoms with Gasteiger partial charge in [0.15, 0.2) is 0 Å². The van der Waals surface area contributed by atoms with E-state index in [0.29, 0.717) is 13.0 Å². The summed E-state index contributed by atoms with van der Waals surface area (Å²) in [6, 6.07) is 18.3. The predicted molar refractivity (Wildman–Crippen MR) is 90.7 cm³/mol. The van der Waals surface area contributed by atoms with Crippen molar-refractivity contribution in [3.63, 3.8) is 0 Å². The number of nitrogens with zero attached hydrogens (tertiary/aromatic N) is 1. The van der Waals surface area contributed by atoms with E-state index in [1.807, 2.05) is 35.2 Å². The van der Waals surface area contributed by atoms with Crippen molar-refractivity contribution in [3.05, 3.63) is 65.7 Å². The molecule has 2 aromatic rings. The number of fused-ring (bicyclic) bond motifs is 1. The maximum Gasteiger partial charge on any atom is 0.225 e. The Balaban J connectivity index is 1.65. The van der Waals surface area contributed by atoms with Crippen LogP contribution in [-0.2, 0) is 9.53 Å². The fraction of sp³-hybridized carbons (Fsp3) is 0.350. The van der Waals surface area contributed by atoms with E-state index in [1.165, 1.54) is 5.56 Å². The zero-order chi connectivity index (χ0) is 16.5. The average Bonchev–Trinajstić information content (AvgIpc) is 3.09. The fourth-order valence-corrected chi connectivity index (χ4v) is 3.84. The second kappa shape index (κ2) is 6.29. The quantitative estimate of drug-likeness (QED) is 0.868. The Labute approximate surface area is 142 Å². The van der Waals surface area contributed by atoms with Crippen molar-refractivity contribution >= 4 is 5.91 Å². The van der Waals surface area contributed by atoms with Gasteiger partial charge in [0, 0.05) is 12.3 Å². The van der Waals surface area contributed by atoms with E-state index >= 15 is 0 Å². The van der Waals surface area contributed by atoms with Gasteiger partial charge in [0.2, 0.25) is 5.91 Å². The Morgan fingerprint density at radius 1 is 1.08 bits per heavy atom. The van der Waals surface area contributed by atoms with Crippen LogP contribution in [0, 0.1) is 0 Å². The molecular formula is C20H21NO3. The lowest BCUT2D eigenvalue weighted by Crippen LogP contribution is -2.45. The normalized spacial score (nSPS) is 26.3. The van der Waals surface area contributed by atoms with Gasteiger partial charge in [-0.1, -0.05) is 42.5 Å². The zero-order valence-electron chi connectivity index (χ0n) is 13.7. The number of benzene rings is 2. The number of methoxy groups -OCH3 is 1. The number of carbonyl (C=O) groups is 1. The monoisotopic (exact) mass is 323 g/mol. The Morgan fingerprint density at radius 3 is 2.67 bits per heavy atom. The molecule has 0 unspecified atom stereocenters. The number of piperidine rings is 1. The Hall–Kier alpha value is -2.33. The molecule has 2 aliphatic heterocycles. The molecule has 2 heterocycles. The molecule has 0 N–H and O–H groups in total. The molecule has 4 heteroatoms. The Morgan fingerprint density at radius 2 is 1.88 bits per heavy atom. The third kappa shape index (κ3) is 2.57. The van der Waals surface area contributed by atoms with Crippen LogP contribution >= 0.6 is 0 Å². The Kier molecular flexibility index (Phi) is 3.98. The largest absolute Gasteiger partial charge is 0.497 e. The standard InChI is InChI=1S/C20H21NO3/c1-23-16-9-5-8-15(12-16)17-10-11-19(22)21-18(13-24-20(17)21)14-6-3-2-4-7-14/h2-9,12,17-18,20H,10-11,13H2,1H3/t17-,18-,20-/m1/s1. The van der Waals surface area contributed by atoms with Gasteiger partial charge in [0.05, 0.1) is 19.8 Å². The number of amides is 1. The lowest BCUT2D eigenvalue weighted by atomic mass is 9.87. The van der Waals surface area contributed by atoms with Crippen molar-refractivity contribution in [1.82, 2.24) is 4.90 Å². The summed E-state index contributed by atoms with van der Waals surface area (Å²) >= 11 is 0. The summed E-state index contributed by atoms with van der Waals surface area (Å²) in [7, 11) is 1.67. The van der Waals surface area contributed by atoms with Crippen LogP contribution in [-0.4, -0.2) is 30.8 Å². The van der Waals surface area contributed by atoms with Gasteiger partial charge in [-0.3, -0.25) is 4.79 Å². The van der Waals surface area contributed by atoms with Gasteiger partial charge in [0.25, 0.3) is 0 Å². The van der Waals surface area contributed by atoms with Crippen LogP contribution in [0.1, 0.15) is 35.9 Å². The van der Waals surface area contributed by atoms with Crippen molar-refractivity contribution in [2.24, 2.45) is 0 Å². The molecule has 3 atom stereocenters. The van der Waals surface area contributed by atoms with Crippen molar-refractivity contribution in [2.75, 3.05) is 13.7 Å². The van der Waals surface area contributed by atoms with E-state index in [-0.39, 0.29) is 24.1 Å². The molecule has 0 radical (unpaired) electrons. The summed E-state index contributed by atoms with van der Waals surface area (Å²) in [5.41, 5.74) is 2.31. The van der Waals surface area contributed by atoms with Gasteiger partial charge >= 0.3 is 0 Å². The lowest BCUT2D eigenvalue weighted by molar-refractivity contribution is -0.144. The van der Waals surface area contributed by atoms with E-state index in [4.69, 9.17) is 9.47 Å². The molecule has 0 bridgehead atoms. The van der Waals surface area contributed by atoms with Crippen molar-refractivity contribution in [1.29, 1.82) is 0 Å². The minimum atomic E-state index is -0.191. The highest BCUT2D eigenvalue weighted by Crippen LogP contribution is 2.43. The highest BCUT2D eigenvalue weighted by molar-refractivity contribution is 5.78. The predicted octanol–water partition coefficient (Wildman–Crippen LogP) is 3.50. The third-order valence-corrected chi connectivity index (χ3v) is 5.04. The van der Waals surface area contributed by atoms with Gasteiger partial charge in [-0.2, -0.15) is 0 Å². The zero-order valence-corrected chi connectivity index (χ0v) is 13.7. The third-order valence-electron chi connectivity index (χ3n) is 5.04. The molecule has 0 aromatic heterocycles. The minimum absolute atomic E-state index is 0.0112. The maximum absolute atomic E-state index is 12.6. The van der Waals surface area contributed by atoms with E-state index in [2.05, 4.69) is 24.3 Å². The van der Waals surface area contributed by atoms with Gasteiger partial charge in [-0.05, 0) is 29.7 Å². The first kappa shape index (κ1) is 15.2. The fourth-order valence-electron chi connectivity index (χ4n) is 3.84. The molecular weight excluding hydrogens is 302 g/mol. The number of hydrogen-bond acceptors (Lipinski definition) is 3. The molecule has 1 amide bonds. The van der Waals surface area contributed by atoms with Crippen molar-refractivity contribution in [2.45, 2.75) is 31.0 Å². The summed E-state index contributed by atoms with van der Waals surface area (Å²) in [4.78, 5) is 14.5. The van der Waals surface area contributed by atoms with Gasteiger partial charge in [-0.25, -0.2) is 0 Å². The van der Waals surface area contributed by atoms with Crippen LogP contribution in [0.15, 0.2) is 54.6 Å². The molecule has 2 saturated heterocycles. The topological polar surface area (TPSA) is 38.8 Å². The smallest absolute Gasteiger partial charge is 0.225 e. The van der Waals surface area contributed by atoms with E-state index in [9.17, 15) is 4.79 Å². The number of ether oxygens (including phenoxy) is 2. The van der Waals surface area contributed by atoms with Crippen molar-refractivity contribution in [3.8, 4) is 5.75 Å². The second-order valence-electron chi connectivity index (χ2n) is 6.37. The molecule has 124 valence electrons. The first-order valence-corrected chi connectivity index (χ1v) is 8.39. The van der Waals surface area contributed by atoms with Crippen LogP contribution in [0.2, 0.25) is 0 Å². The molecule has 2 fully saturated rings. The molecule has 0 spiro atoms. The van der Waals surface area contributed by atoms with Crippen molar-refractivity contribution < 1.29 is 14.3 Å². The van der Waals surface area contributed by atoms with Crippen LogP contribution in [0.25, 0.3) is 0 Å². The van der Waals surface area contributed by atoms with Gasteiger partial charge in [0.1, 0.15) is 12.0 Å². The summed E-state index contributed by atoms with van der Waals surface area (Å²) in [6.45, 7) is 0.556. The molecule has 4 rings (SSSR count). The summed E-state index contributed by atoms with van der Waals surface area (Å²) in [6.07, 6.45) is 1.18. The van der Waals surface area contributed by atoms with Crippen LogP contribution in [0.5, 0.6) is 5.75 Å². The lowest BCUT2D eigenvalue weighted by Gasteiger charge is -2.38. The summed E-state index contributed by atoms with van der Waals surface area (Å²) in [5, 5.41) is 0. The summed E-state index contributed by atoms with van der Waals surface area (Å²) in [5.74, 6) is 1.21. The molecule has 24 heavy (non-hydrogen) atoms. The molecule has 4 nitrogen and oxygen atoms in total. The van der Waals surface area contributed by atoms with Gasteiger partial charge in [-0.15, -0.1) is 0 Å². The average molecular weight is 323 g/mol. The van der Waals surface area contributed by atoms with Crippen LogP contribution in [0.4, 0.5) is 0 Å². The Bertz CT molecular complexity index is 731. The molecule has 2 aromatic carbocycles.